The number of oxazole rings is 1. The molecule has 72 heavy (non-hydrogen) atoms. The van der Waals surface area contributed by atoms with Gasteiger partial charge in [0.2, 0.25) is 5.89 Å². The Morgan fingerprint density at radius 1 is 0.306 bits per heavy atom. The first kappa shape index (κ1) is 40.6. The molecule has 2 aromatic heterocycles. The van der Waals surface area contributed by atoms with E-state index in [1.165, 1.54) is 79.4 Å². The van der Waals surface area contributed by atoms with Gasteiger partial charge in [0.1, 0.15) is 5.52 Å². The van der Waals surface area contributed by atoms with E-state index < -0.39 is 0 Å². The number of thiophene rings is 1. The van der Waals surface area contributed by atoms with Gasteiger partial charge in [-0.2, -0.15) is 0 Å². The van der Waals surface area contributed by atoms with Gasteiger partial charge in [-0.1, -0.05) is 158 Å². The number of benzene rings is 13. The van der Waals surface area contributed by atoms with Crippen LogP contribution in [0.4, 0.5) is 34.1 Å². The van der Waals surface area contributed by atoms with Gasteiger partial charge in [-0.15, -0.1) is 11.3 Å². The second kappa shape index (κ2) is 16.1. The van der Waals surface area contributed by atoms with Crippen LogP contribution in [-0.4, -0.2) is 4.98 Å². The Balaban J connectivity index is 0.904. The SMILES string of the molecule is c1ccc(-c2nc3ccc(N(c4ccc5c(ccc6cc(N(c7ccc8sc9ccccc9c8c7)c7cc8ccccc8c8ccccc78)ccc65)c4)c4cc5ccccc5c5ccccc45)cc3o2)cc1. The molecule has 0 spiro atoms. The second-order valence-corrected chi connectivity index (χ2v) is 19.8. The zero-order chi connectivity index (χ0) is 47.3. The van der Waals surface area contributed by atoms with Gasteiger partial charge in [0, 0.05) is 59.6 Å². The van der Waals surface area contributed by atoms with Crippen molar-refractivity contribution in [3.05, 3.63) is 249 Å². The highest BCUT2D eigenvalue weighted by Gasteiger charge is 2.22. The molecule has 0 amide bonds. The molecular formula is C67H41N3OS. The van der Waals surface area contributed by atoms with Crippen molar-refractivity contribution in [2.24, 2.45) is 0 Å². The van der Waals surface area contributed by atoms with E-state index in [1.54, 1.807) is 0 Å². The fourth-order valence-corrected chi connectivity index (χ4v) is 12.3. The highest BCUT2D eigenvalue weighted by atomic mass is 32.1. The predicted molar refractivity (Wildman–Crippen MR) is 307 cm³/mol. The smallest absolute Gasteiger partial charge is 0.227 e. The Morgan fingerprint density at radius 2 is 0.750 bits per heavy atom. The minimum atomic E-state index is 0.608. The minimum Gasteiger partial charge on any atom is -0.436 e. The van der Waals surface area contributed by atoms with Gasteiger partial charge in [-0.25, -0.2) is 4.98 Å². The predicted octanol–water partition coefficient (Wildman–Crippen LogP) is 19.7. The topological polar surface area (TPSA) is 32.5 Å². The molecule has 15 aromatic rings. The van der Waals surface area contributed by atoms with Crippen molar-refractivity contribution in [1.82, 2.24) is 4.98 Å². The van der Waals surface area contributed by atoms with Gasteiger partial charge in [0.15, 0.2) is 5.58 Å². The van der Waals surface area contributed by atoms with Crippen LogP contribution in [0, 0.1) is 0 Å². The highest BCUT2D eigenvalue weighted by molar-refractivity contribution is 7.25. The fourth-order valence-electron chi connectivity index (χ4n) is 11.2. The van der Waals surface area contributed by atoms with E-state index in [-0.39, 0.29) is 0 Å². The number of anilines is 6. The average Bonchev–Trinajstić information content (AvgIpc) is 4.05. The van der Waals surface area contributed by atoms with E-state index in [0.29, 0.717) is 5.89 Å². The van der Waals surface area contributed by atoms with E-state index in [2.05, 4.69) is 228 Å². The summed E-state index contributed by atoms with van der Waals surface area (Å²) < 4.78 is 9.10. The first-order valence-corrected chi connectivity index (χ1v) is 25.2. The Kier molecular flexibility index (Phi) is 9.10. The molecule has 4 nitrogen and oxygen atoms in total. The fraction of sp³-hybridized carbons (Fsp3) is 0. The van der Waals surface area contributed by atoms with Crippen LogP contribution in [0.1, 0.15) is 0 Å². The third kappa shape index (κ3) is 6.48. The van der Waals surface area contributed by atoms with Crippen LogP contribution in [0.25, 0.3) is 107 Å². The van der Waals surface area contributed by atoms with Gasteiger partial charge < -0.3 is 14.2 Å². The maximum absolute atomic E-state index is 6.51. The molecule has 0 bridgehead atoms. The maximum Gasteiger partial charge on any atom is 0.227 e. The molecule has 0 aliphatic rings. The standard InChI is InChI=1S/C67H41N3OS/c1-2-14-42(15-3-1)67-68-61-34-30-50(41-64(61)71-67)70(63-39-44-17-5-7-19-52(44)56-21-9-11-23-58(56)63)48-29-33-54-46(37-48)27-26-45-36-47(28-32-53(45)54)69(49-31-35-66-60(40-49)59-24-12-13-25-65(59)72-66)62-38-43-16-4-6-18-51(43)55-20-8-10-22-57(55)62/h1-41H. The van der Waals surface area contributed by atoms with Crippen LogP contribution in [0.2, 0.25) is 0 Å². The van der Waals surface area contributed by atoms with Gasteiger partial charge in [-0.05, 0) is 139 Å². The number of hydrogen-bond donors (Lipinski definition) is 0. The Morgan fingerprint density at radius 3 is 1.38 bits per heavy atom. The molecule has 0 radical (unpaired) electrons. The van der Waals surface area contributed by atoms with E-state index in [9.17, 15) is 0 Å². The van der Waals surface area contributed by atoms with Crippen LogP contribution in [0.3, 0.4) is 0 Å². The normalized spacial score (nSPS) is 11.9. The summed E-state index contributed by atoms with van der Waals surface area (Å²) in [6.07, 6.45) is 0. The van der Waals surface area contributed by atoms with Crippen molar-refractivity contribution in [2.75, 3.05) is 9.80 Å². The number of hydrogen-bond acceptors (Lipinski definition) is 5. The molecule has 0 N–H and O–H groups in total. The summed E-state index contributed by atoms with van der Waals surface area (Å²) in [6, 6.07) is 90.4. The summed E-state index contributed by atoms with van der Waals surface area (Å²) in [5.74, 6) is 0.608. The van der Waals surface area contributed by atoms with Crippen molar-refractivity contribution in [1.29, 1.82) is 0 Å². The summed E-state index contributed by atoms with van der Waals surface area (Å²) in [5.41, 5.74) is 9.00. The summed E-state index contributed by atoms with van der Waals surface area (Å²) in [5, 5.41) is 17.0. The van der Waals surface area contributed by atoms with Crippen LogP contribution in [0.15, 0.2) is 253 Å². The van der Waals surface area contributed by atoms with Crippen LogP contribution in [0.5, 0.6) is 0 Å². The first-order valence-electron chi connectivity index (χ1n) is 24.4. The molecule has 0 fully saturated rings. The van der Waals surface area contributed by atoms with Crippen molar-refractivity contribution < 1.29 is 4.42 Å². The maximum atomic E-state index is 6.51. The van der Waals surface area contributed by atoms with E-state index >= 15 is 0 Å². The molecule has 0 atom stereocenters. The molecular weight excluding hydrogens is 895 g/mol. The summed E-state index contributed by atoms with van der Waals surface area (Å²) in [7, 11) is 0. The molecule has 0 saturated heterocycles. The number of aromatic nitrogens is 1. The second-order valence-electron chi connectivity index (χ2n) is 18.7. The Labute approximate surface area is 418 Å². The lowest BCUT2D eigenvalue weighted by molar-refractivity contribution is 0.620. The van der Waals surface area contributed by atoms with Crippen LogP contribution >= 0.6 is 11.3 Å². The number of nitrogens with zero attached hydrogens (tertiary/aromatic N) is 3. The number of fused-ring (bicyclic) bond motifs is 13. The van der Waals surface area contributed by atoms with E-state index in [4.69, 9.17) is 9.40 Å². The summed E-state index contributed by atoms with van der Waals surface area (Å²) >= 11 is 1.85. The summed E-state index contributed by atoms with van der Waals surface area (Å²) in [4.78, 5) is 9.74. The average molecular weight is 936 g/mol. The first-order chi connectivity index (χ1) is 35.7. The minimum absolute atomic E-state index is 0.608. The third-order valence-electron chi connectivity index (χ3n) is 14.6. The molecule has 15 rings (SSSR count). The lowest BCUT2D eigenvalue weighted by Crippen LogP contribution is -2.11. The molecule has 13 aromatic carbocycles. The van der Waals surface area contributed by atoms with Gasteiger partial charge in [0.05, 0.1) is 17.1 Å². The molecule has 2 heterocycles. The van der Waals surface area contributed by atoms with Crippen LogP contribution in [-0.2, 0) is 0 Å². The Bertz CT molecular complexity index is 4670. The monoisotopic (exact) mass is 935 g/mol. The lowest BCUT2D eigenvalue weighted by Gasteiger charge is -2.28. The number of rotatable bonds is 7. The van der Waals surface area contributed by atoms with Gasteiger partial charge in [-0.3, -0.25) is 0 Å². The summed E-state index contributed by atoms with van der Waals surface area (Å²) in [6.45, 7) is 0. The van der Waals surface area contributed by atoms with E-state index in [1.807, 2.05) is 41.7 Å². The van der Waals surface area contributed by atoms with Gasteiger partial charge >= 0.3 is 0 Å². The Hall–Kier alpha value is -9.29. The molecule has 5 heteroatoms. The zero-order valence-electron chi connectivity index (χ0n) is 38.8. The van der Waals surface area contributed by atoms with Gasteiger partial charge in [0.25, 0.3) is 0 Å². The molecule has 0 unspecified atom stereocenters. The van der Waals surface area contributed by atoms with Crippen molar-refractivity contribution >= 4 is 141 Å². The molecule has 0 aliphatic carbocycles. The molecule has 336 valence electrons. The van der Waals surface area contributed by atoms with Crippen molar-refractivity contribution in [3.8, 4) is 11.5 Å². The molecule has 0 aliphatic heterocycles. The quantitative estimate of drug-likeness (QED) is 0.149. The van der Waals surface area contributed by atoms with E-state index in [0.717, 1.165) is 56.2 Å². The zero-order valence-corrected chi connectivity index (χ0v) is 39.6. The van der Waals surface area contributed by atoms with Crippen LogP contribution < -0.4 is 9.80 Å². The van der Waals surface area contributed by atoms with Crippen molar-refractivity contribution in [2.45, 2.75) is 0 Å². The van der Waals surface area contributed by atoms with Crippen molar-refractivity contribution in [3.63, 3.8) is 0 Å². The third-order valence-corrected chi connectivity index (χ3v) is 15.7. The molecule has 0 saturated carbocycles. The highest BCUT2D eigenvalue weighted by Crippen LogP contribution is 2.47. The largest absolute Gasteiger partial charge is 0.436 e. The lowest BCUT2D eigenvalue weighted by atomic mass is 9.97.